The van der Waals surface area contributed by atoms with Crippen molar-refractivity contribution in [1.82, 2.24) is 0 Å². The number of allylic oxidation sites excluding steroid dienone is 1. The molecule has 7 heteroatoms. The Morgan fingerprint density at radius 3 is 2.05 bits per heavy atom. The molecule has 0 radical (unpaired) electrons. The Hall–Kier alpha value is 0.310. The van der Waals surface area contributed by atoms with Crippen molar-refractivity contribution in [3.8, 4) is 0 Å². The Kier molecular flexibility index (Phi) is 12.4. The van der Waals surface area contributed by atoms with E-state index in [1.54, 1.807) is 0 Å². The van der Waals surface area contributed by atoms with Crippen LogP contribution in [0.2, 0.25) is 0 Å². The maximum Gasteiger partial charge on any atom is 1.00 e. The smallest absolute Gasteiger partial charge is 0.759 e. The minimum atomic E-state index is -5.17. The molecule has 0 heterocycles. The number of hydrogen-bond donors (Lipinski definition) is 0. The SMILES string of the molecule is C=CCc1cccc2ccccc12.O=S(=O)([O-])[O-].[Na+].[Na+]. The molecule has 0 fully saturated rings. The van der Waals surface area contributed by atoms with E-state index in [2.05, 4.69) is 49.0 Å². The van der Waals surface area contributed by atoms with Crippen LogP contribution < -0.4 is 59.1 Å². The van der Waals surface area contributed by atoms with E-state index in [4.69, 9.17) is 17.5 Å². The quantitative estimate of drug-likeness (QED) is 0.247. The molecule has 0 unspecified atom stereocenters. The minimum Gasteiger partial charge on any atom is -0.759 e. The Bertz CT molecular complexity index is 628. The summed E-state index contributed by atoms with van der Waals surface area (Å²) in [5.74, 6) is 0. The van der Waals surface area contributed by atoms with Gasteiger partial charge in [0.1, 0.15) is 0 Å². The van der Waals surface area contributed by atoms with Crippen LogP contribution in [-0.4, -0.2) is 17.5 Å². The average molecular weight is 310 g/mol. The van der Waals surface area contributed by atoms with E-state index in [-0.39, 0.29) is 59.1 Å². The van der Waals surface area contributed by atoms with Gasteiger partial charge in [0, 0.05) is 10.4 Å². The molecule has 0 aliphatic rings. The normalized spacial score (nSPS) is 9.50. The molecule has 0 aliphatic heterocycles. The fraction of sp³-hybridized carbons (Fsp3) is 0.0769. The second-order valence-corrected chi connectivity index (χ2v) is 4.36. The van der Waals surface area contributed by atoms with Crippen molar-refractivity contribution in [1.29, 1.82) is 0 Å². The van der Waals surface area contributed by atoms with Gasteiger partial charge in [0.05, 0.1) is 0 Å². The van der Waals surface area contributed by atoms with Crippen LogP contribution in [0.5, 0.6) is 0 Å². The largest absolute Gasteiger partial charge is 1.00 e. The van der Waals surface area contributed by atoms with Gasteiger partial charge in [-0.15, -0.1) is 6.58 Å². The maximum absolute atomic E-state index is 8.52. The summed E-state index contributed by atoms with van der Waals surface area (Å²) in [6.07, 6.45) is 2.89. The zero-order chi connectivity index (χ0) is 13.6. The molecule has 96 valence electrons. The van der Waals surface area contributed by atoms with Gasteiger partial charge in [-0.1, -0.05) is 48.5 Å². The second-order valence-electron chi connectivity index (χ2n) is 3.54. The van der Waals surface area contributed by atoms with Gasteiger partial charge >= 0.3 is 59.1 Å². The van der Waals surface area contributed by atoms with E-state index in [1.165, 1.54) is 16.3 Å². The Balaban J connectivity index is 0. The van der Waals surface area contributed by atoms with E-state index in [0.717, 1.165) is 6.42 Å². The monoisotopic (exact) mass is 310 g/mol. The third-order valence-electron chi connectivity index (χ3n) is 2.24. The molecule has 0 aromatic heterocycles. The van der Waals surface area contributed by atoms with Crippen LogP contribution in [-0.2, 0) is 16.8 Å². The third kappa shape index (κ3) is 9.28. The zero-order valence-electron chi connectivity index (χ0n) is 11.6. The number of benzene rings is 2. The van der Waals surface area contributed by atoms with E-state index in [9.17, 15) is 0 Å². The Morgan fingerprint density at radius 1 is 1.00 bits per heavy atom. The third-order valence-corrected chi connectivity index (χ3v) is 2.24. The van der Waals surface area contributed by atoms with Crippen molar-refractivity contribution in [2.75, 3.05) is 0 Å². The van der Waals surface area contributed by atoms with Gasteiger partial charge < -0.3 is 9.11 Å². The van der Waals surface area contributed by atoms with E-state index < -0.39 is 10.4 Å². The van der Waals surface area contributed by atoms with Gasteiger partial charge in [-0.05, 0) is 22.8 Å². The molecule has 0 spiro atoms. The van der Waals surface area contributed by atoms with Crippen LogP contribution >= 0.6 is 0 Å². The van der Waals surface area contributed by atoms with Gasteiger partial charge in [0.2, 0.25) is 0 Å². The first-order valence-electron chi connectivity index (χ1n) is 5.16. The summed E-state index contributed by atoms with van der Waals surface area (Å²) < 4.78 is 34.1. The Morgan fingerprint density at radius 2 is 1.50 bits per heavy atom. The van der Waals surface area contributed by atoms with Crippen LogP contribution in [0.3, 0.4) is 0 Å². The van der Waals surface area contributed by atoms with Crippen LogP contribution in [0.1, 0.15) is 5.56 Å². The summed E-state index contributed by atoms with van der Waals surface area (Å²) in [5, 5.41) is 2.65. The van der Waals surface area contributed by atoms with Crippen molar-refractivity contribution in [2.45, 2.75) is 6.42 Å². The number of rotatable bonds is 2. The van der Waals surface area contributed by atoms with Crippen molar-refractivity contribution in [2.24, 2.45) is 0 Å². The van der Waals surface area contributed by atoms with Gasteiger partial charge in [-0.25, -0.2) is 0 Å². The maximum atomic E-state index is 8.52. The van der Waals surface area contributed by atoms with Gasteiger partial charge in [-0.3, -0.25) is 8.42 Å². The van der Waals surface area contributed by atoms with E-state index in [0.29, 0.717) is 0 Å². The average Bonchev–Trinajstić information content (AvgIpc) is 2.28. The summed E-state index contributed by atoms with van der Waals surface area (Å²) in [7, 11) is -5.17. The molecule has 2 rings (SSSR count). The first-order chi connectivity index (χ1) is 8.42. The number of hydrogen-bond acceptors (Lipinski definition) is 4. The summed E-state index contributed by atoms with van der Waals surface area (Å²) in [6, 6.07) is 14.8. The molecule has 2 aromatic rings. The first kappa shape index (κ1) is 22.6. The topological polar surface area (TPSA) is 80.3 Å². The van der Waals surface area contributed by atoms with Crippen molar-refractivity contribution >= 4 is 21.2 Å². The van der Waals surface area contributed by atoms with Crippen LogP contribution in [0.4, 0.5) is 0 Å². The summed E-state index contributed by atoms with van der Waals surface area (Å²) >= 11 is 0. The van der Waals surface area contributed by atoms with Crippen LogP contribution in [0.25, 0.3) is 10.8 Å². The molecule has 0 aliphatic carbocycles. The fourth-order valence-electron chi connectivity index (χ4n) is 1.63. The molecule has 0 N–H and O–H groups in total. The second kappa shape index (κ2) is 11.0. The summed E-state index contributed by atoms with van der Waals surface area (Å²) in [6.45, 7) is 3.76. The van der Waals surface area contributed by atoms with Crippen LogP contribution in [0.15, 0.2) is 55.1 Å². The fourth-order valence-corrected chi connectivity index (χ4v) is 1.63. The van der Waals surface area contributed by atoms with Gasteiger partial charge in [0.25, 0.3) is 0 Å². The predicted octanol–water partition coefficient (Wildman–Crippen LogP) is -3.76. The summed E-state index contributed by atoms with van der Waals surface area (Å²) in [4.78, 5) is 0. The van der Waals surface area contributed by atoms with Crippen molar-refractivity contribution in [3.63, 3.8) is 0 Å². The van der Waals surface area contributed by atoms with Crippen molar-refractivity contribution < 1.29 is 76.6 Å². The molecule has 4 nitrogen and oxygen atoms in total. The van der Waals surface area contributed by atoms with Gasteiger partial charge in [0.15, 0.2) is 0 Å². The Labute approximate surface area is 163 Å². The molecule has 0 amide bonds. The molecular formula is C13H12Na2O4S. The molecule has 20 heavy (non-hydrogen) atoms. The molecule has 0 saturated heterocycles. The molecule has 0 saturated carbocycles. The predicted molar refractivity (Wildman–Crippen MR) is 68.3 cm³/mol. The van der Waals surface area contributed by atoms with Gasteiger partial charge in [-0.2, -0.15) is 0 Å². The molecule has 0 bridgehead atoms. The first-order valence-corrected chi connectivity index (χ1v) is 6.49. The van der Waals surface area contributed by atoms with E-state index in [1.807, 2.05) is 6.08 Å². The summed E-state index contributed by atoms with van der Waals surface area (Å²) in [5.41, 5.74) is 1.35. The zero-order valence-corrected chi connectivity index (χ0v) is 16.4. The van der Waals surface area contributed by atoms with E-state index >= 15 is 0 Å². The van der Waals surface area contributed by atoms with Crippen LogP contribution in [0, 0.1) is 0 Å². The number of fused-ring (bicyclic) bond motifs is 1. The van der Waals surface area contributed by atoms with Crippen molar-refractivity contribution in [3.05, 3.63) is 60.7 Å². The molecular weight excluding hydrogens is 298 g/mol. The molecule has 0 atom stereocenters. The molecule has 2 aromatic carbocycles. The minimum absolute atomic E-state index is 0. The standard InChI is InChI=1S/C13H12.2Na.H2O4S/c1-2-6-11-8-5-9-12-7-3-4-10-13(11)12;;;1-5(2,3)4/h2-5,7-10H,1,6H2;;;(H2,1,2,3,4)/q;2*+1;/p-2.